The molecule has 0 atom stereocenters. The van der Waals surface area contributed by atoms with Crippen LogP contribution in [0.1, 0.15) is 24.5 Å². The monoisotopic (exact) mass is 270 g/mol. The van der Waals surface area contributed by atoms with E-state index in [-0.39, 0.29) is 0 Å². The first-order valence-electron chi connectivity index (χ1n) is 5.55. The van der Waals surface area contributed by atoms with E-state index in [2.05, 4.69) is 36.3 Å². The summed E-state index contributed by atoms with van der Waals surface area (Å²) in [5, 5.41) is 11.0. The lowest BCUT2D eigenvalue weighted by atomic mass is 10.3. The average Bonchev–Trinajstić information content (AvgIpc) is 3.04. The molecule has 2 heterocycles. The summed E-state index contributed by atoms with van der Waals surface area (Å²) in [6.07, 6.45) is 2.61. The highest BCUT2D eigenvalue weighted by Gasteiger charge is 2.30. The molecule has 82 valence electrons. The number of aromatic amines is 1. The second kappa shape index (κ2) is 3.79. The van der Waals surface area contributed by atoms with Crippen LogP contribution in [0, 0.1) is 0 Å². The van der Waals surface area contributed by atoms with Crippen molar-refractivity contribution in [2.45, 2.75) is 18.8 Å². The molecule has 2 fully saturated rings. The molecule has 1 aliphatic heterocycles. The highest BCUT2D eigenvalue weighted by atomic mass is 79.9. The molecular formula is C10H15BrN4. The Morgan fingerprint density at radius 1 is 1.27 bits per heavy atom. The number of rotatable bonds is 2. The van der Waals surface area contributed by atoms with Gasteiger partial charge < -0.3 is 10.2 Å². The second-order valence-corrected chi connectivity index (χ2v) is 5.08. The quantitative estimate of drug-likeness (QED) is 0.856. The molecule has 0 radical (unpaired) electrons. The SMILES string of the molecule is Brc1c(N2CCNCC2)n[nH]c1C1CC1. The predicted octanol–water partition coefficient (Wildman–Crippen LogP) is 1.46. The van der Waals surface area contributed by atoms with Gasteiger partial charge in [0.1, 0.15) is 0 Å². The fourth-order valence-corrected chi connectivity index (χ4v) is 2.81. The van der Waals surface area contributed by atoms with E-state index in [0.717, 1.165) is 37.9 Å². The summed E-state index contributed by atoms with van der Waals surface area (Å²) < 4.78 is 1.19. The molecule has 2 aliphatic rings. The third-order valence-electron chi connectivity index (χ3n) is 3.12. The first kappa shape index (κ1) is 9.66. The molecule has 1 saturated carbocycles. The fourth-order valence-electron chi connectivity index (χ4n) is 2.06. The average molecular weight is 271 g/mol. The van der Waals surface area contributed by atoms with Gasteiger partial charge in [0.05, 0.1) is 10.2 Å². The van der Waals surface area contributed by atoms with Gasteiger partial charge in [-0.3, -0.25) is 5.10 Å². The van der Waals surface area contributed by atoms with Gasteiger partial charge in [0.15, 0.2) is 5.82 Å². The summed E-state index contributed by atoms with van der Waals surface area (Å²) >= 11 is 3.67. The fraction of sp³-hybridized carbons (Fsp3) is 0.700. The van der Waals surface area contributed by atoms with Gasteiger partial charge in [-0.1, -0.05) is 0 Å². The molecule has 1 aromatic rings. The number of piperazine rings is 1. The van der Waals surface area contributed by atoms with E-state index in [1.54, 1.807) is 0 Å². The summed E-state index contributed by atoms with van der Waals surface area (Å²) in [6.45, 7) is 4.21. The number of nitrogens with one attached hydrogen (secondary N) is 2. The molecule has 4 nitrogen and oxygen atoms in total. The summed E-state index contributed by atoms with van der Waals surface area (Å²) in [5.74, 6) is 1.82. The summed E-state index contributed by atoms with van der Waals surface area (Å²) in [7, 11) is 0. The van der Waals surface area contributed by atoms with E-state index in [9.17, 15) is 0 Å². The van der Waals surface area contributed by atoms with Crippen LogP contribution in [0.3, 0.4) is 0 Å². The first-order chi connectivity index (χ1) is 7.36. The Kier molecular flexibility index (Phi) is 2.44. The van der Waals surface area contributed by atoms with Gasteiger partial charge in [-0.2, -0.15) is 5.10 Å². The molecule has 1 saturated heterocycles. The zero-order chi connectivity index (χ0) is 10.3. The van der Waals surface area contributed by atoms with Crippen molar-refractivity contribution < 1.29 is 0 Å². The standard InChI is InChI=1S/C10H15BrN4/c11-8-9(7-1-2-7)13-14-10(8)15-5-3-12-4-6-15/h7,12H,1-6H2,(H,13,14). The van der Waals surface area contributed by atoms with E-state index < -0.39 is 0 Å². The van der Waals surface area contributed by atoms with Crippen LogP contribution in [0.25, 0.3) is 0 Å². The third-order valence-corrected chi connectivity index (χ3v) is 3.90. The van der Waals surface area contributed by atoms with Crippen LogP contribution in [0.5, 0.6) is 0 Å². The predicted molar refractivity (Wildman–Crippen MR) is 63.3 cm³/mol. The van der Waals surface area contributed by atoms with Gasteiger partial charge in [-0.25, -0.2) is 0 Å². The van der Waals surface area contributed by atoms with E-state index in [4.69, 9.17) is 0 Å². The van der Waals surface area contributed by atoms with Crippen LogP contribution in [0.2, 0.25) is 0 Å². The Morgan fingerprint density at radius 2 is 2.00 bits per heavy atom. The summed E-state index contributed by atoms with van der Waals surface area (Å²) in [6, 6.07) is 0. The number of anilines is 1. The molecular weight excluding hydrogens is 256 g/mol. The van der Waals surface area contributed by atoms with Gasteiger partial charge >= 0.3 is 0 Å². The lowest BCUT2D eigenvalue weighted by molar-refractivity contribution is 0.584. The van der Waals surface area contributed by atoms with Crippen LogP contribution in [0.4, 0.5) is 5.82 Å². The van der Waals surface area contributed by atoms with Gasteiger partial charge in [-0.15, -0.1) is 0 Å². The van der Waals surface area contributed by atoms with Crippen LogP contribution in [0.15, 0.2) is 4.47 Å². The molecule has 2 N–H and O–H groups in total. The Morgan fingerprint density at radius 3 is 2.67 bits per heavy atom. The molecule has 1 aliphatic carbocycles. The van der Waals surface area contributed by atoms with E-state index in [1.165, 1.54) is 23.0 Å². The first-order valence-corrected chi connectivity index (χ1v) is 6.35. The van der Waals surface area contributed by atoms with Crippen molar-refractivity contribution in [1.82, 2.24) is 15.5 Å². The second-order valence-electron chi connectivity index (χ2n) is 4.29. The molecule has 0 aromatic carbocycles. The maximum Gasteiger partial charge on any atom is 0.165 e. The number of nitrogens with zero attached hydrogens (tertiary/aromatic N) is 2. The minimum atomic E-state index is 0.726. The lowest BCUT2D eigenvalue weighted by Crippen LogP contribution is -2.43. The smallest absolute Gasteiger partial charge is 0.165 e. The van der Waals surface area contributed by atoms with Gasteiger partial charge in [0.2, 0.25) is 0 Å². The zero-order valence-corrected chi connectivity index (χ0v) is 10.2. The third kappa shape index (κ3) is 1.78. The Labute approximate surface area is 97.5 Å². The van der Waals surface area contributed by atoms with E-state index >= 15 is 0 Å². The topological polar surface area (TPSA) is 44.0 Å². The molecule has 15 heavy (non-hydrogen) atoms. The maximum absolute atomic E-state index is 4.43. The largest absolute Gasteiger partial charge is 0.352 e. The van der Waals surface area contributed by atoms with Crippen molar-refractivity contribution in [3.63, 3.8) is 0 Å². The van der Waals surface area contributed by atoms with Crippen molar-refractivity contribution in [1.29, 1.82) is 0 Å². The van der Waals surface area contributed by atoms with Crippen LogP contribution < -0.4 is 10.2 Å². The minimum absolute atomic E-state index is 0.726. The summed E-state index contributed by atoms with van der Waals surface area (Å²) in [4.78, 5) is 2.34. The Hall–Kier alpha value is -0.550. The van der Waals surface area contributed by atoms with E-state index in [0.29, 0.717) is 0 Å². The van der Waals surface area contributed by atoms with Crippen molar-refractivity contribution in [2.75, 3.05) is 31.1 Å². The zero-order valence-electron chi connectivity index (χ0n) is 8.59. The summed E-state index contributed by atoms with van der Waals surface area (Å²) in [5.41, 5.74) is 1.29. The molecule has 3 rings (SSSR count). The van der Waals surface area contributed by atoms with Crippen LogP contribution >= 0.6 is 15.9 Å². The molecule has 0 spiro atoms. The molecule has 0 unspecified atom stereocenters. The number of H-pyrrole nitrogens is 1. The Bertz CT molecular complexity index is 352. The minimum Gasteiger partial charge on any atom is -0.352 e. The number of aromatic nitrogens is 2. The maximum atomic E-state index is 4.43. The highest BCUT2D eigenvalue weighted by Crippen LogP contribution is 2.44. The van der Waals surface area contributed by atoms with Crippen molar-refractivity contribution in [3.05, 3.63) is 10.2 Å². The van der Waals surface area contributed by atoms with Crippen molar-refractivity contribution in [3.8, 4) is 0 Å². The number of halogens is 1. The molecule has 5 heteroatoms. The molecule has 0 amide bonds. The van der Waals surface area contributed by atoms with Crippen molar-refractivity contribution >= 4 is 21.7 Å². The molecule has 1 aromatic heterocycles. The molecule has 0 bridgehead atoms. The highest BCUT2D eigenvalue weighted by molar-refractivity contribution is 9.10. The van der Waals surface area contributed by atoms with Gasteiger partial charge in [0.25, 0.3) is 0 Å². The van der Waals surface area contributed by atoms with Gasteiger partial charge in [0, 0.05) is 32.1 Å². The normalized spacial score (nSPS) is 22.1. The van der Waals surface area contributed by atoms with Crippen LogP contribution in [-0.4, -0.2) is 36.4 Å². The van der Waals surface area contributed by atoms with Crippen molar-refractivity contribution in [2.24, 2.45) is 0 Å². The Balaban J connectivity index is 1.83. The lowest BCUT2D eigenvalue weighted by Gasteiger charge is -2.27. The number of hydrogen-bond acceptors (Lipinski definition) is 3. The van der Waals surface area contributed by atoms with Gasteiger partial charge in [-0.05, 0) is 28.8 Å². The van der Waals surface area contributed by atoms with E-state index in [1.807, 2.05) is 0 Å². The number of hydrogen-bond donors (Lipinski definition) is 2. The van der Waals surface area contributed by atoms with Crippen LogP contribution in [-0.2, 0) is 0 Å².